The van der Waals surface area contributed by atoms with Crippen LogP contribution in [0.4, 0.5) is 66.0 Å². The van der Waals surface area contributed by atoms with E-state index in [2.05, 4.69) is 60.3 Å². The van der Waals surface area contributed by atoms with Gasteiger partial charge in [0.1, 0.15) is 36.8 Å². The summed E-state index contributed by atoms with van der Waals surface area (Å²) in [5.41, 5.74) is 7.50. The number of fused-ring (bicyclic) bond motifs is 8. The Bertz CT molecular complexity index is 3250. The second-order valence-corrected chi connectivity index (χ2v) is 20.6. The Morgan fingerprint density at radius 3 is 1.84 bits per heavy atom. The SMILES string of the molecule is CC1(C)OC[C@H](COc2ccnc(N)n2)O1.Cc1nc(-c2cccc(C(F)(F)F)c2)nc2c1N1CC[C@@H](C1)N2.Cc1nc(-c2cccc(C(F)(F)F)c2)nc2c1N1CC[C@@H](C1)N2C(=O)Nc1nccc(OC[C@H]2COC(C)(C)O2)n1. The predicted molar refractivity (Wildman–Crippen MR) is 280 cm³/mol. The van der Waals surface area contributed by atoms with Gasteiger partial charge in [0.15, 0.2) is 34.9 Å². The van der Waals surface area contributed by atoms with Crippen molar-refractivity contribution < 1.29 is 59.6 Å². The van der Waals surface area contributed by atoms with Gasteiger partial charge in [0.2, 0.25) is 23.7 Å². The highest BCUT2D eigenvalue weighted by Crippen LogP contribution is 2.43. The average molecular weight is 1120 g/mol. The van der Waals surface area contributed by atoms with Crippen molar-refractivity contribution in [2.75, 3.05) is 83.7 Å². The number of hydrogen-bond acceptors (Lipinski definition) is 19. The summed E-state index contributed by atoms with van der Waals surface area (Å²) in [5, 5.41) is 6.09. The maximum Gasteiger partial charge on any atom is 0.416 e. The molecule has 12 rings (SSSR count). The number of halogens is 6. The number of aryl methyl sites for hydroxylation is 2. The summed E-state index contributed by atoms with van der Waals surface area (Å²) >= 11 is 0. The molecule has 4 aromatic heterocycles. The molecule has 4 bridgehead atoms. The number of aromatic nitrogens is 8. The minimum absolute atomic E-state index is 0.0299. The monoisotopic (exact) mass is 1120 g/mol. The van der Waals surface area contributed by atoms with Gasteiger partial charge >= 0.3 is 18.4 Å². The van der Waals surface area contributed by atoms with E-state index in [0.717, 1.165) is 61.0 Å². The fourth-order valence-corrected chi connectivity index (χ4v) is 10.1. The van der Waals surface area contributed by atoms with Crippen LogP contribution < -0.4 is 40.5 Å². The van der Waals surface area contributed by atoms with E-state index in [1.165, 1.54) is 29.3 Å². The van der Waals surface area contributed by atoms with Gasteiger partial charge in [-0.05, 0) is 78.6 Å². The number of benzene rings is 2. The Labute approximate surface area is 455 Å². The van der Waals surface area contributed by atoms with Gasteiger partial charge in [0.05, 0.1) is 41.8 Å². The molecule has 6 aliphatic heterocycles. The number of nitrogens with two attached hydrogens (primary N) is 1. The standard InChI is InChI=1S/C27H28F3N7O4.C16H15F3N4.C10H15N3O3/c1-15-21-23(34-22(32-15)16-5-4-6-17(11-16)27(28,29)30)37(18-8-10-36(21)12-18)25(38)35-24-31-9-7-20(33-24)39-13-19-14-40-26(2,3)41-19;1-9-13-15(21-12-5-6-23(13)8-12)22-14(20-9)10-3-2-4-11(7-10)16(17,18)19;1-10(2)15-6-7(16-10)5-14-8-3-4-12-9(11)13-8/h4-7,9,11,18-19H,8,10,12-14H2,1-3H3,(H,31,33,35,38);2-4,7,12H,5-6,8H2,1H3,(H,20,21,22);3-4,7H,5-6H2,1-2H3,(H2,11,12,13)/t18-,19-;12-;7-/m000/s1. The third-order valence-corrected chi connectivity index (χ3v) is 13.6. The summed E-state index contributed by atoms with van der Waals surface area (Å²) < 4.78 is 112. The Kier molecular flexibility index (Phi) is 15.3. The van der Waals surface area contributed by atoms with Crippen molar-refractivity contribution in [1.29, 1.82) is 0 Å². The lowest BCUT2D eigenvalue weighted by Crippen LogP contribution is -2.48. The molecule has 27 heteroatoms. The molecule has 21 nitrogen and oxygen atoms in total. The van der Waals surface area contributed by atoms with Crippen molar-refractivity contribution >= 4 is 40.9 Å². The van der Waals surface area contributed by atoms with Gasteiger partial charge in [0, 0.05) is 67.9 Å². The zero-order valence-corrected chi connectivity index (χ0v) is 44.4. The first-order valence-electron chi connectivity index (χ1n) is 25.7. The summed E-state index contributed by atoms with van der Waals surface area (Å²) in [6.07, 6.45) is -4.49. The molecule has 4 saturated heterocycles. The molecule has 2 amide bonds. The zero-order chi connectivity index (χ0) is 56.7. The molecule has 4 fully saturated rings. The summed E-state index contributed by atoms with van der Waals surface area (Å²) in [7, 11) is 0. The van der Waals surface area contributed by atoms with Gasteiger partial charge < -0.3 is 49.3 Å². The molecule has 424 valence electrons. The van der Waals surface area contributed by atoms with Gasteiger partial charge in [-0.3, -0.25) is 10.2 Å². The third kappa shape index (κ3) is 12.8. The molecule has 4 N–H and O–H groups in total. The van der Waals surface area contributed by atoms with Crippen LogP contribution in [0.3, 0.4) is 0 Å². The second-order valence-electron chi connectivity index (χ2n) is 20.6. The van der Waals surface area contributed by atoms with Crippen LogP contribution in [0.25, 0.3) is 22.8 Å². The highest BCUT2D eigenvalue weighted by molar-refractivity contribution is 6.04. The molecule has 80 heavy (non-hydrogen) atoms. The highest BCUT2D eigenvalue weighted by Gasteiger charge is 2.43. The number of rotatable bonds is 9. The maximum absolute atomic E-state index is 13.6. The van der Waals surface area contributed by atoms with Crippen molar-refractivity contribution in [3.8, 4) is 34.5 Å². The lowest BCUT2D eigenvalue weighted by atomic mass is 10.1. The quantitative estimate of drug-likeness (QED) is 0.115. The molecule has 0 saturated carbocycles. The van der Waals surface area contributed by atoms with E-state index in [0.29, 0.717) is 79.8 Å². The molecule has 4 atom stereocenters. The number of nitrogens with zero attached hydrogens (tertiary/aromatic N) is 11. The van der Waals surface area contributed by atoms with Crippen LogP contribution >= 0.6 is 0 Å². The first kappa shape index (κ1) is 55.6. The molecule has 0 spiro atoms. The molecule has 6 aliphatic rings. The number of ether oxygens (including phenoxy) is 6. The Balaban J connectivity index is 0.000000154. The van der Waals surface area contributed by atoms with E-state index in [1.807, 2.05) is 34.6 Å². The van der Waals surface area contributed by atoms with Crippen molar-refractivity contribution in [2.45, 2.75) is 103 Å². The van der Waals surface area contributed by atoms with E-state index >= 15 is 0 Å². The second kappa shape index (κ2) is 22.1. The summed E-state index contributed by atoms with van der Waals surface area (Å²) in [4.78, 5) is 53.7. The summed E-state index contributed by atoms with van der Waals surface area (Å²) in [6, 6.07) is 12.8. The molecule has 0 unspecified atom stereocenters. The smallest absolute Gasteiger partial charge is 0.416 e. The fraction of sp³-hybridized carbons (Fsp3) is 0.453. The number of carbonyl (C=O) groups is 1. The number of carbonyl (C=O) groups excluding carboxylic acids is 1. The molecule has 0 aliphatic carbocycles. The van der Waals surface area contributed by atoms with Crippen molar-refractivity contribution in [1.82, 2.24) is 39.9 Å². The van der Waals surface area contributed by atoms with Gasteiger partial charge in [-0.25, -0.2) is 34.7 Å². The van der Waals surface area contributed by atoms with Crippen LogP contribution in [-0.2, 0) is 31.3 Å². The van der Waals surface area contributed by atoms with E-state index in [9.17, 15) is 31.1 Å². The highest BCUT2D eigenvalue weighted by atomic mass is 19.4. The lowest BCUT2D eigenvalue weighted by molar-refractivity contribution is -0.142. The van der Waals surface area contributed by atoms with Crippen LogP contribution in [0.15, 0.2) is 73.1 Å². The minimum atomic E-state index is -4.51. The number of alkyl halides is 6. The van der Waals surface area contributed by atoms with Crippen LogP contribution in [0.5, 0.6) is 11.8 Å². The van der Waals surface area contributed by atoms with Crippen molar-refractivity contribution in [2.24, 2.45) is 0 Å². The van der Waals surface area contributed by atoms with Crippen LogP contribution in [0.2, 0.25) is 0 Å². The van der Waals surface area contributed by atoms with Crippen LogP contribution in [-0.4, -0.2) is 134 Å². The first-order valence-corrected chi connectivity index (χ1v) is 25.7. The first-order chi connectivity index (χ1) is 37.9. The predicted octanol–water partition coefficient (Wildman–Crippen LogP) is 8.49. The maximum atomic E-state index is 13.6. The largest absolute Gasteiger partial charge is 0.475 e. The molecule has 2 aromatic carbocycles. The van der Waals surface area contributed by atoms with Gasteiger partial charge in [-0.15, -0.1) is 0 Å². The van der Waals surface area contributed by atoms with Crippen LogP contribution in [0.1, 0.15) is 63.1 Å². The Morgan fingerprint density at radius 1 is 0.713 bits per heavy atom. The topological polar surface area (TPSA) is 235 Å². The van der Waals surface area contributed by atoms with Crippen LogP contribution in [0, 0.1) is 13.8 Å². The number of nitrogen functional groups attached to an aromatic ring is 1. The normalized spacial score (nSPS) is 21.1. The fourth-order valence-electron chi connectivity index (χ4n) is 10.1. The molecular formula is C53H58F6N14O7. The molecule has 0 radical (unpaired) electrons. The molecular weight excluding hydrogens is 1060 g/mol. The lowest BCUT2D eigenvalue weighted by Gasteiger charge is -2.36. The number of urea groups is 1. The number of hydrogen-bond donors (Lipinski definition) is 3. The average Bonchev–Trinajstić information content (AvgIpc) is 4.36. The van der Waals surface area contributed by atoms with Crippen molar-refractivity contribution in [3.05, 3.63) is 95.6 Å². The Hall–Kier alpha value is -7.75. The number of anilines is 6. The van der Waals surface area contributed by atoms with E-state index in [1.54, 1.807) is 31.3 Å². The zero-order valence-electron chi connectivity index (χ0n) is 44.4. The molecule has 6 aromatic rings. The van der Waals surface area contributed by atoms with E-state index in [4.69, 9.17) is 34.2 Å². The minimum Gasteiger partial charge on any atom is -0.475 e. The number of amides is 2. The van der Waals surface area contributed by atoms with Gasteiger partial charge in [-0.2, -0.15) is 36.3 Å². The van der Waals surface area contributed by atoms with Crippen molar-refractivity contribution in [3.63, 3.8) is 0 Å². The number of nitrogens with one attached hydrogen (secondary N) is 2. The summed E-state index contributed by atoms with van der Waals surface area (Å²) in [5.74, 6) is 1.18. The third-order valence-electron chi connectivity index (χ3n) is 13.6. The Morgan fingerprint density at radius 2 is 1.26 bits per heavy atom. The van der Waals surface area contributed by atoms with Gasteiger partial charge in [-0.1, -0.05) is 24.3 Å². The van der Waals surface area contributed by atoms with Gasteiger partial charge in [0.25, 0.3) is 0 Å². The molecule has 10 heterocycles. The van der Waals surface area contributed by atoms with E-state index in [-0.39, 0.29) is 54.0 Å². The summed E-state index contributed by atoms with van der Waals surface area (Å²) in [6.45, 7) is 15.7. The van der Waals surface area contributed by atoms with E-state index < -0.39 is 41.1 Å².